The normalized spacial score (nSPS) is 11.9. The summed E-state index contributed by atoms with van der Waals surface area (Å²) in [6.45, 7) is 0.219. The lowest BCUT2D eigenvalue weighted by Gasteiger charge is -2.10. The van der Waals surface area contributed by atoms with Gasteiger partial charge in [0.1, 0.15) is 18.2 Å². The topological polar surface area (TPSA) is 68.1 Å². The Kier molecular flexibility index (Phi) is 7.07. The molecule has 0 spiro atoms. The maximum atomic E-state index is 8.72. The van der Waals surface area contributed by atoms with Crippen LogP contribution in [0, 0.1) is 0 Å². The van der Waals surface area contributed by atoms with Crippen LogP contribution in [-0.4, -0.2) is 33.3 Å². The molecule has 24 heavy (non-hydrogen) atoms. The Morgan fingerprint density at radius 1 is 1.04 bits per heavy atom. The minimum atomic E-state index is -1.75. The van der Waals surface area contributed by atoms with Crippen molar-refractivity contribution in [2.75, 3.05) is 13.2 Å². The van der Waals surface area contributed by atoms with Gasteiger partial charge in [0.2, 0.25) is 3.79 Å². The highest BCUT2D eigenvalue weighted by molar-refractivity contribution is 6.66. The molecule has 0 bridgehead atoms. The lowest BCUT2D eigenvalue weighted by molar-refractivity contribution is 0.201. The van der Waals surface area contributed by atoms with Crippen LogP contribution in [-0.2, 0) is 9.67 Å². The van der Waals surface area contributed by atoms with Gasteiger partial charge in [-0.2, -0.15) is 0 Å². The molecule has 0 radical (unpaired) electrons. The van der Waals surface area contributed by atoms with E-state index in [1.807, 2.05) is 12.1 Å². The van der Waals surface area contributed by atoms with Crippen molar-refractivity contribution in [1.29, 1.82) is 0 Å². The maximum Gasteiger partial charge on any atom is 0.250 e. The van der Waals surface area contributed by atoms with E-state index in [0.717, 1.165) is 5.56 Å². The second-order valence-corrected chi connectivity index (χ2v) is 7.09. The first kappa shape index (κ1) is 19.2. The molecule has 0 amide bonds. The monoisotopic (exact) mass is 407 g/mol. The molecule has 1 heterocycles. The lowest BCUT2D eigenvalue weighted by Crippen LogP contribution is -2.12. The molecule has 0 aliphatic heterocycles. The van der Waals surface area contributed by atoms with E-state index in [2.05, 4.69) is 15.0 Å². The van der Waals surface area contributed by atoms with Crippen LogP contribution >= 0.6 is 46.4 Å². The van der Waals surface area contributed by atoms with Crippen molar-refractivity contribution in [3.63, 3.8) is 0 Å². The number of ether oxygens (including phenoxy) is 1. The van der Waals surface area contributed by atoms with Gasteiger partial charge in [0.05, 0.1) is 12.5 Å². The van der Waals surface area contributed by atoms with E-state index >= 15 is 0 Å². The highest BCUT2D eigenvalue weighted by Crippen LogP contribution is 2.35. The number of nitrogens with zero attached hydrogens (tertiary/aromatic N) is 3. The molecule has 0 unspecified atom stereocenters. The largest absolute Gasteiger partial charge is 0.491 e. The van der Waals surface area contributed by atoms with Crippen molar-refractivity contribution in [1.82, 2.24) is 15.0 Å². The average molecular weight is 409 g/mol. The van der Waals surface area contributed by atoms with Gasteiger partial charge in [-0.3, -0.25) is 0 Å². The highest BCUT2D eigenvalue weighted by atomic mass is 35.6. The van der Waals surface area contributed by atoms with Crippen LogP contribution in [0.5, 0.6) is 5.75 Å². The highest BCUT2D eigenvalue weighted by Gasteiger charge is 2.27. The fraction of sp³-hybridized carbons (Fsp3) is 0.267. The van der Waals surface area contributed by atoms with Gasteiger partial charge in [0.15, 0.2) is 11.6 Å². The zero-order valence-electron chi connectivity index (χ0n) is 12.3. The summed E-state index contributed by atoms with van der Waals surface area (Å²) in [4.78, 5) is 12.3. The molecule has 1 aromatic heterocycles. The number of rotatable bonds is 6. The Hall–Kier alpha value is -1.11. The fourth-order valence-corrected chi connectivity index (χ4v) is 2.08. The Morgan fingerprint density at radius 2 is 1.75 bits per heavy atom. The standard InChI is InChI=1S/C15H13Cl4N3O2/c16-9-13-20-12(21-14(22-13)15(17,18)19)6-3-10-1-4-11(5-2-10)24-8-7-23/h1-6,23H,7-9H2. The molecule has 9 heteroatoms. The van der Waals surface area contributed by atoms with Crippen LogP contribution in [0.15, 0.2) is 24.3 Å². The molecule has 128 valence electrons. The van der Waals surface area contributed by atoms with Crippen LogP contribution < -0.4 is 4.74 Å². The smallest absolute Gasteiger partial charge is 0.250 e. The fourth-order valence-electron chi connectivity index (χ4n) is 1.71. The van der Waals surface area contributed by atoms with Crippen LogP contribution in [0.25, 0.3) is 12.2 Å². The number of alkyl halides is 4. The number of hydrogen-bond acceptors (Lipinski definition) is 5. The van der Waals surface area contributed by atoms with E-state index in [0.29, 0.717) is 17.4 Å². The zero-order chi connectivity index (χ0) is 17.6. The van der Waals surface area contributed by atoms with E-state index in [9.17, 15) is 0 Å². The summed E-state index contributed by atoms with van der Waals surface area (Å²) >= 11 is 23.2. The number of aliphatic hydroxyl groups excluding tert-OH is 1. The first-order valence-electron chi connectivity index (χ1n) is 6.82. The molecule has 2 rings (SSSR count). The first-order valence-corrected chi connectivity index (χ1v) is 8.49. The molecule has 0 aliphatic carbocycles. The molecule has 0 fully saturated rings. The van der Waals surface area contributed by atoms with Crippen LogP contribution in [0.3, 0.4) is 0 Å². The summed E-state index contributed by atoms with van der Waals surface area (Å²) in [5.74, 6) is 1.42. The zero-order valence-corrected chi connectivity index (χ0v) is 15.3. The van der Waals surface area contributed by atoms with E-state index < -0.39 is 3.79 Å². The van der Waals surface area contributed by atoms with Crippen molar-refractivity contribution in [3.05, 3.63) is 47.3 Å². The molecular formula is C15H13Cl4N3O2. The molecule has 0 atom stereocenters. The summed E-state index contributed by atoms with van der Waals surface area (Å²) in [5.41, 5.74) is 0.898. The Labute approximate surface area is 159 Å². The van der Waals surface area contributed by atoms with Gasteiger partial charge in [-0.25, -0.2) is 15.0 Å². The summed E-state index contributed by atoms with van der Waals surface area (Å²) in [6, 6.07) is 7.28. The molecule has 1 aromatic carbocycles. The van der Waals surface area contributed by atoms with Gasteiger partial charge in [-0.05, 0) is 23.8 Å². The molecule has 0 saturated carbocycles. The summed E-state index contributed by atoms with van der Waals surface area (Å²) in [6.07, 6.45) is 3.46. The number of benzene rings is 1. The molecule has 2 aromatic rings. The Bertz CT molecular complexity index is 703. The van der Waals surface area contributed by atoms with Crippen LogP contribution in [0.4, 0.5) is 0 Å². The van der Waals surface area contributed by atoms with Gasteiger partial charge in [-0.15, -0.1) is 11.6 Å². The minimum absolute atomic E-state index is 0.0190. The van der Waals surface area contributed by atoms with E-state index in [1.54, 1.807) is 24.3 Å². The molecular weight excluding hydrogens is 396 g/mol. The van der Waals surface area contributed by atoms with Crippen LogP contribution in [0.1, 0.15) is 23.0 Å². The van der Waals surface area contributed by atoms with E-state index in [-0.39, 0.29) is 24.9 Å². The SMILES string of the molecule is OCCOc1ccc(C=Cc2nc(CCl)nc(C(Cl)(Cl)Cl)n2)cc1. The number of hydrogen-bond donors (Lipinski definition) is 1. The number of aliphatic hydroxyl groups is 1. The molecule has 5 nitrogen and oxygen atoms in total. The lowest BCUT2D eigenvalue weighted by atomic mass is 10.2. The summed E-state index contributed by atoms with van der Waals surface area (Å²) in [5, 5.41) is 8.72. The molecule has 1 N–H and O–H groups in total. The van der Waals surface area contributed by atoms with Gasteiger partial charge < -0.3 is 9.84 Å². The Morgan fingerprint density at radius 3 is 2.33 bits per heavy atom. The van der Waals surface area contributed by atoms with Crippen molar-refractivity contribution in [2.24, 2.45) is 0 Å². The predicted molar refractivity (Wildman–Crippen MR) is 96.6 cm³/mol. The third-order valence-electron chi connectivity index (χ3n) is 2.74. The van der Waals surface area contributed by atoms with Crippen molar-refractivity contribution in [2.45, 2.75) is 9.67 Å². The van der Waals surface area contributed by atoms with Crippen molar-refractivity contribution in [3.8, 4) is 5.75 Å². The first-order chi connectivity index (χ1) is 11.4. The quantitative estimate of drug-likeness (QED) is 0.732. The van der Waals surface area contributed by atoms with Crippen molar-refractivity contribution >= 4 is 58.6 Å². The van der Waals surface area contributed by atoms with Gasteiger partial charge in [0.25, 0.3) is 0 Å². The second-order valence-electron chi connectivity index (χ2n) is 4.54. The maximum absolute atomic E-state index is 8.72. The van der Waals surface area contributed by atoms with Crippen molar-refractivity contribution < 1.29 is 9.84 Å². The van der Waals surface area contributed by atoms with Gasteiger partial charge in [-0.1, -0.05) is 53.0 Å². The van der Waals surface area contributed by atoms with Crippen LogP contribution in [0.2, 0.25) is 0 Å². The van der Waals surface area contributed by atoms with Gasteiger partial charge >= 0.3 is 0 Å². The van der Waals surface area contributed by atoms with E-state index in [1.165, 1.54) is 0 Å². The summed E-state index contributed by atoms with van der Waals surface area (Å²) < 4.78 is 3.54. The second kappa shape index (κ2) is 8.83. The summed E-state index contributed by atoms with van der Waals surface area (Å²) in [7, 11) is 0. The number of halogens is 4. The molecule has 0 saturated heterocycles. The molecule has 0 aliphatic rings. The van der Waals surface area contributed by atoms with Gasteiger partial charge in [0, 0.05) is 0 Å². The minimum Gasteiger partial charge on any atom is -0.491 e. The third kappa shape index (κ3) is 5.76. The van der Waals surface area contributed by atoms with E-state index in [4.69, 9.17) is 56.2 Å². The average Bonchev–Trinajstić information content (AvgIpc) is 2.58. The predicted octanol–water partition coefficient (Wildman–Crippen LogP) is 3.98. The number of aromatic nitrogens is 3. The third-order valence-corrected chi connectivity index (χ3v) is 3.48. The Balaban J connectivity index is 2.19.